The molecule has 0 atom stereocenters. The van der Waals surface area contributed by atoms with Crippen LogP contribution < -0.4 is 4.74 Å². The zero-order valence-corrected chi connectivity index (χ0v) is 17.0. The molecule has 3 rings (SSSR count). The molecular weight excluding hydrogens is 400 g/mol. The smallest absolute Gasteiger partial charge is 0.199 e. The van der Waals surface area contributed by atoms with Crippen LogP contribution in [0.4, 0.5) is 0 Å². The third-order valence-electron chi connectivity index (χ3n) is 4.34. The molecule has 2 aromatic rings. The Bertz CT molecular complexity index is 895. The highest BCUT2D eigenvalue weighted by Gasteiger charge is 2.12. The number of sulfone groups is 1. The Labute approximate surface area is 170 Å². The van der Waals surface area contributed by atoms with Gasteiger partial charge in [-0.2, -0.15) is 0 Å². The van der Waals surface area contributed by atoms with Gasteiger partial charge in [0.1, 0.15) is 5.75 Å². The maximum Gasteiger partial charge on any atom is 0.199 e. The van der Waals surface area contributed by atoms with Gasteiger partial charge in [-0.15, -0.1) is 0 Å². The van der Waals surface area contributed by atoms with Gasteiger partial charge in [0.05, 0.1) is 35.4 Å². The number of hydrogen-bond donors (Lipinski definition) is 0. The van der Waals surface area contributed by atoms with Crippen molar-refractivity contribution < 1.29 is 17.9 Å². The van der Waals surface area contributed by atoms with Crippen LogP contribution in [0.5, 0.6) is 5.75 Å². The van der Waals surface area contributed by atoms with E-state index >= 15 is 0 Å². The topological polar surface area (TPSA) is 68.7 Å². The molecule has 6 nitrogen and oxygen atoms in total. The molecule has 1 aromatic heterocycles. The average Bonchev–Trinajstić information content (AvgIpc) is 2.72. The molecule has 1 fully saturated rings. The number of aromatic nitrogens is 1. The van der Waals surface area contributed by atoms with Crippen molar-refractivity contribution in [2.24, 2.45) is 0 Å². The largest absolute Gasteiger partial charge is 0.494 e. The van der Waals surface area contributed by atoms with Crippen LogP contribution in [-0.4, -0.2) is 57.8 Å². The van der Waals surface area contributed by atoms with Crippen LogP contribution in [0.25, 0.3) is 6.08 Å². The minimum Gasteiger partial charge on any atom is -0.494 e. The zero-order valence-electron chi connectivity index (χ0n) is 15.5. The molecule has 0 N–H and O–H groups in total. The van der Waals surface area contributed by atoms with E-state index in [2.05, 4.69) is 9.88 Å². The Morgan fingerprint density at radius 2 is 1.93 bits per heavy atom. The zero-order chi connectivity index (χ0) is 19.8. The summed E-state index contributed by atoms with van der Waals surface area (Å²) in [5, 5.41) is 1.51. The van der Waals surface area contributed by atoms with Crippen LogP contribution in [0, 0.1) is 0 Å². The number of benzene rings is 1. The van der Waals surface area contributed by atoms with Crippen molar-refractivity contribution in [1.82, 2.24) is 9.88 Å². The van der Waals surface area contributed by atoms with Gasteiger partial charge in [-0.3, -0.25) is 9.88 Å². The van der Waals surface area contributed by atoms with E-state index in [1.54, 1.807) is 30.5 Å². The lowest BCUT2D eigenvalue weighted by molar-refractivity contribution is 0.0358. The Morgan fingerprint density at radius 1 is 1.18 bits per heavy atom. The van der Waals surface area contributed by atoms with E-state index in [0.29, 0.717) is 23.1 Å². The summed E-state index contributed by atoms with van der Waals surface area (Å²) in [6, 6.07) is 9.76. The molecule has 28 heavy (non-hydrogen) atoms. The van der Waals surface area contributed by atoms with Crippen molar-refractivity contribution in [2.45, 2.75) is 11.3 Å². The fourth-order valence-corrected chi connectivity index (χ4v) is 3.95. The first kappa shape index (κ1) is 20.8. The first-order chi connectivity index (χ1) is 13.5. The van der Waals surface area contributed by atoms with E-state index in [9.17, 15) is 8.42 Å². The minimum atomic E-state index is -3.58. The van der Waals surface area contributed by atoms with Crippen molar-refractivity contribution in [2.75, 3.05) is 39.5 Å². The highest BCUT2D eigenvalue weighted by molar-refractivity contribution is 7.94. The number of nitrogens with zero attached hydrogens (tertiary/aromatic N) is 2. The summed E-state index contributed by atoms with van der Waals surface area (Å²) in [5.41, 5.74) is 0.410. The van der Waals surface area contributed by atoms with Gasteiger partial charge in [0.25, 0.3) is 0 Å². The van der Waals surface area contributed by atoms with Crippen LogP contribution in [0.15, 0.2) is 52.9 Å². The van der Waals surface area contributed by atoms with E-state index in [1.807, 2.05) is 0 Å². The molecule has 0 aliphatic carbocycles. The van der Waals surface area contributed by atoms with Crippen molar-refractivity contribution in [1.29, 1.82) is 0 Å². The Kier molecular flexibility index (Phi) is 7.44. The second kappa shape index (κ2) is 10.0. The highest BCUT2D eigenvalue weighted by atomic mass is 35.5. The van der Waals surface area contributed by atoms with Gasteiger partial charge in [-0.25, -0.2) is 8.42 Å². The van der Waals surface area contributed by atoms with E-state index in [1.165, 1.54) is 18.2 Å². The molecule has 1 aliphatic rings. The molecule has 0 unspecified atom stereocenters. The van der Waals surface area contributed by atoms with Crippen molar-refractivity contribution >= 4 is 27.5 Å². The van der Waals surface area contributed by atoms with Gasteiger partial charge in [0, 0.05) is 31.2 Å². The molecule has 1 saturated heterocycles. The number of hydrogen-bond acceptors (Lipinski definition) is 6. The third-order valence-corrected chi connectivity index (χ3v) is 6.08. The van der Waals surface area contributed by atoms with Gasteiger partial charge < -0.3 is 9.47 Å². The molecule has 150 valence electrons. The molecule has 2 heterocycles. The monoisotopic (exact) mass is 422 g/mol. The standard InChI is InChI=1S/C20H23ClN2O4S/c21-19-3-1-9-22-20(19)8-16-28(24,25)18-6-4-17(5-7-18)27-13-2-10-23-11-14-26-15-12-23/h1,3-9,16H,2,10-15H2/b16-8+. The van der Waals surface area contributed by atoms with Crippen LogP contribution in [0.2, 0.25) is 5.02 Å². The van der Waals surface area contributed by atoms with Gasteiger partial charge in [0.2, 0.25) is 0 Å². The van der Waals surface area contributed by atoms with Gasteiger partial charge in [-0.05, 0) is 48.9 Å². The van der Waals surface area contributed by atoms with Crippen molar-refractivity contribution in [3.63, 3.8) is 0 Å². The summed E-state index contributed by atoms with van der Waals surface area (Å²) in [4.78, 5) is 6.59. The summed E-state index contributed by atoms with van der Waals surface area (Å²) >= 11 is 6.00. The van der Waals surface area contributed by atoms with E-state index < -0.39 is 9.84 Å². The third kappa shape index (κ3) is 6.04. The number of rotatable bonds is 8. The van der Waals surface area contributed by atoms with Crippen molar-refractivity contribution in [3.8, 4) is 5.75 Å². The number of halogens is 1. The normalized spacial score (nSPS) is 15.8. The summed E-state index contributed by atoms with van der Waals surface area (Å²) in [6.07, 6.45) is 3.87. The van der Waals surface area contributed by atoms with Gasteiger partial charge in [-0.1, -0.05) is 11.6 Å². The lowest BCUT2D eigenvalue weighted by Crippen LogP contribution is -2.37. The quantitative estimate of drug-likeness (QED) is 0.608. The molecule has 0 radical (unpaired) electrons. The number of pyridine rings is 1. The molecule has 1 aromatic carbocycles. The Hall–Kier alpha value is -1.93. The van der Waals surface area contributed by atoms with Gasteiger partial charge >= 0.3 is 0 Å². The summed E-state index contributed by atoms with van der Waals surface area (Å²) in [6.45, 7) is 5.06. The van der Waals surface area contributed by atoms with E-state index in [4.69, 9.17) is 21.1 Å². The van der Waals surface area contributed by atoms with Crippen molar-refractivity contribution in [3.05, 3.63) is 58.7 Å². The maximum absolute atomic E-state index is 12.4. The van der Waals surface area contributed by atoms with E-state index in [0.717, 1.165) is 44.7 Å². The van der Waals surface area contributed by atoms with Crippen LogP contribution in [0.3, 0.4) is 0 Å². The molecule has 1 aliphatic heterocycles. The number of ether oxygens (including phenoxy) is 2. The van der Waals surface area contributed by atoms with Crippen LogP contribution >= 0.6 is 11.6 Å². The highest BCUT2D eigenvalue weighted by Crippen LogP contribution is 2.20. The fourth-order valence-electron chi connectivity index (χ4n) is 2.78. The first-order valence-corrected chi connectivity index (χ1v) is 11.0. The molecule has 0 spiro atoms. The van der Waals surface area contributed by atoms with Crippen LogP contribution in [0.1, 0.15) is 12.1 Å². The number of morpholine rings is 1. The average molecular weight is 423 g/mol. The molecule has 0 saturated carbocycles. The minimum absolute atomic E-state index is 0.191. The molecule has 8 heteroatoms. The predicted molar refractivity (Wildman–Crippen MR) is 109 cm³/mol. The summed E-state index contributed by atoms with van der Waals surface area (Å²) in [7, 11) is -3.58. The van der Waals surface area contributed by atoms with Crippen LogP contribution in [-0.2, 0) is 14.6 Å². The second-order valence-electron chi connectivity index (χ2n) is 6.35. The molecule has 0 bridgehead atoms. The fraction of sp³-hybridized carbons (Fsp3) is 0.350. The summed E-state index contributed by atoms with van der Waals surface area (Å²) < 4.78 is 35.9. The Balaban J connectivity index is 1.52. The predicted octanol–water partition coefficient (Wildman–Crippen LogP) is 3.28. The maximum atomic E-state index is 12.4. The first-order valence-electron chi connectivity index (χ1n) is 9.11. The SMILES string of the molecule is O=S(=O)(/C=C/c1ncccc1Cl)c1ccc(OCCCN2CCOCC2)cc1. The van der Waals surface area contributed by atoms with Gasteiger partial charge in [0.15, 0.2) is 9.84 Å². The Morgan fingerprint density at radius 3 is 2.64 bits per heavy atom. The molecule has 0 amide bonds. The van der Waals surface area contributed by atoms with E-state index in [-0.39, 0.29) is 4.90 Å². The molecular formula is C20H23ClN2O4S. The second-order valence-corrected chi connectivity index (χ2v) is 8.59. The lowest BCUT2D eigenvalue weighted by atomic mass is 10.3. The lowest BCUT2D eigenvalue weighted by Gasteiger charge is -2.26. The summed E-state index contributed by atoms with van der Waals surface area (Å²) in [5.74, 6) is 0.651.